The average molecular weight is 291 g/mol. The van der Waals surface area contributed by atoms with Gasteiger partial charge in [0.1, 0.15) is 5.69 Å². The quantitative estimate of drug-likeness (QED) is 0.606. The van der Waals surface area contributed by atoms with Crippen molar-refractivity contribution < 1.29 is 4.79 Å². The second-order valence-electron chi connectivity index (χ2n) is 3.24. The average Bonchev–Trinajstić information content (AvgIpc) is 2.47. The Kier molecular flexibility index (Phi) is 2.19. The Hall–Kier alpha value is -0.720. The van der Waals surface area contributed by atoms with Crippen molar-refractivity contribution in [3.8, 4) is 0 Å². The number of nitrogens with zero attached hydrogens (tertiary/aromatic N) is 1. The minimum atomic E-state index is 0.0108. The van der Waals surface area contributed by atoms with Gasteiger partial charge in [0.25, 0.3) is 5.91 Å². The number of halogens is 1. The van der Waals surface area contributed by atoms with Crippen LogP contribution < -0.4 is 8.85 Å². The highest BCUT2D eigenvalue weighted by atomic mass is 127. The lowest BCUT2D eigenvalue weighted by atomic mass is 10.2. The van der Waals surface area contributed by atoms with Crippen molar-refractivity contribution in [2.24, 2.45) is 0 Å². The highest BCUT2D eigenvalue weighted by Crippen LogP contribution is 2.18. The summed E-state index contributed by atoms with van der Waals surface area (Å²) in [6.45, 7) is 2.84. The lowest BCUT2D eigenvalue weighted by Gasteiger charge is -2.21. The van der Waals surface area contributed by atoms with E-state index in [1.165, 1.54) is 0 Å². The van der Waals surface area contributed by atoms with Crippen LogP contribution in [0.3, 0.4) is 0 Å². The Labute approximate surface area is 90.2 Å². The zero-order valence-corrected chi connectivity index (χ0v) is 9.33. The van der Waals surface area contributed by atoms with Gasteiger partial charge in [-0.2, -0.15) is 0 Å². The minimum absolute atomic E-state index is 0.0108. The van der Waals surface area contributed by atoms with Crippen molar-refractivity contribution in [3.05, 3.63) is 18.0 Å². The van der Waals surface area contributed by atoms with Gasteiger partial charge in [-0.15, -0.1) is 0 Å². The van der Waals surface area contributed by atoms with Crippen molar-refractivity contribution in [1.82, 2.24) is 9.88 Å². The number of amides is 1. The van der Waals surface area contributed by atoms with Crippen LogP contribution in [-0.2, 0) is 6.54 Å². The van der Waals surface area contributed by atoms with Gasteiger partial charge in [0, 0.05) is 18.8 Å². The molecule has 2 N–H and O–H groups in total. The van der Waals surface area contributed by atoms with Crippen LogP contribution in [0.1, 0.15) is 17.4 Å². The summed E-state index contributed by atoms with van der Waals surface area (Å²) in [7, 11) is 0. The number of rotatable bonds is 1. The van der Waals surface area contributed by atoms with Crippen molar-refractivity contribution in [2.45, 2.75) is 19.5 Å². The van der Waals surface area contributed by atoms with Crippen LogP contribution >= 0.6 is 22.9 Å². The molecule has 1 atom stereocenters. The van der Waals surface area contributed by atoms with Crippen molar-refractivity contribution in [1.29, 1.82) is 0 Å². The van der Waals surface area contributed by atoms with Gasteiger partial charge in [-0.05, 0) is 13.0 Å². The Bertz CT molecular complexity index is 347. The van der Waals surface area contributed by atoms with Crippen LogP contribution in [0.4, 0.5) is 5.69 Å². The molecule has 0 aliphatic carbocycles. The molecule has 2 heterocycles. The number of aromatic nitrogens is 1. The van der Waals surface area contributed by atoms with Gasteiger partial charge in [-0.1, -0.05) is 0 Å². The van der Waals surface area contributed by atoms with Crippen molar-refractivity contribution in [2.75, 3.05) is 3.53 Å². The summed E-state index contributed by atoms with van der Waals surface area (Å²) in [6.07, 6.45) is 1.96. The van der Waals surface area contributed by atoms with Crippen molar-refractivity contribution in [3.63, 3.8) is 0 Å². The van der Waals surface area contributed by atoms with E-state index in [2.05, 4.69) is 31.7 Å². The molecular formula is C8H10IN3O. The van der Waals surface area contributed by atoms with E-state index in [4.69, 9.17) is 0 Å². The molecule has 2 rings (SSSR count). The second-order valence-corrected chi connectivity index (χ2v) is 3.77. The summed E-state index contributed by atoms with van der Waals surface area (Å²) in [5.74, 6) is 0.0108. The largest absolute Gasteiger partial charge is 0.347 e. The van der Waals surface area contributed by atoms with E-state index in [1.807, 2.05) is 23.8 Å². The first-order chi connectivity index (χ1) is 6.20. The topological polar surface area (TPSA) is 46.1 Å². The molecule has 0 fully saturated rings. The molecule has 70 valence electrons. The fourth-order valence-corrected chi connectivity index (χ4v) is 1.84. The third kappa shape index (κ3) is 1.52. The maximum absolute atomic E-state index is 11.5. The third-order valence-corrected chi connectivity index (χ3v) is 2.71. The summed E-state index contributed by atoms with van der Waals surface area (Å²) in [4.78, 5) is 11.5. The predicted molar refractivity (Wildman–Crippen MR) is 59.0 cm³/mol. The molecule has 0 spiro atoms. The number of carbonyl (C=O) groups is 1. The van der Waals surface area contributed by atoms with Gasteiger partial charge in [-0.3, -0.25) is 4.79 Å². The van der Waals surface area contributed by atoms with Gasteiger partial charge in [-0.25, -0.2) is 0 Å². The molecule has 0 radical (unpaired) electrons. The van der Waals surface area contributed by atoms with Gasteiger partial charge in [0.15, 0.2) is 0 Å². The first kappa shape index (κ1) is 8.86. The van der Waals surface area contributed by atoms with Crippen LogP contribution in [0, 0.1) is 0 Å². The monoisotopic (exact) mass is 291 g/mol. The molecule has 1 aromatic heterocycles. The number of carbonyl (C=O) groups excluding carboxylic acids is 1. The lowest BCUT2D eigenvalue weighted by molar-refractivity contribution is 0.0906. The van der Waals surface area contributed by atoms with E-state index in [0.717, 1.165) is 17.9 Å². The Morgan fingerprint density at radius 3 is 3.23 bits per heavy atom. The molecule has 1 aliphatic rings. The van der Waals surface area contributed by atoms with E-state index in [-0.39, 0.29) is 11.9 Å². The first-order valence-corrected chi connectivity index (χ1v) is 5.16. The van der Waals surface area contributed by atoms with Gasteiger partial charge in [0.05, 0.1) is 28.6 Å². The maximum atomic E-state index is 11.5. The molecule has 5 heteroatoms. The Morgan fingerprint density at radius 2 is 2.54 bits per heavy atom. The van der Waals surface area contributed by atoms with E-state index >= 15 is 0 Å². The summed E-state index contributed by atoms with van der Waals surface area (Å²) >= 11 is 2.05. The molecule has 1 aliphatic heterocycles. The molecule has 13 heavy (non-hydrogen) atoms. The smallest absolute Gasteiger partial charge is 0.268 e. The number of hydrogen-bond acceptors (Lipinski definition) is 2. The fraction of sp³-hybridized carbons (Fsp3) is 0.375. The predicted octanol–water partition coefficient (Wildman–Crippen LogP) is 1.38. The lowest BCUT2D eigenvalue weighted by Crippen LogP contribution is -2.41. The second kappa shape index (κ2) is 3.21. The molecule has 0 bridgehead atoms. The van der Waals surface area contributed by atoms with Crippen LogP contribution in [0.5, 0.6) is 0 Å². The molecular weight excluding hydrogens is 281 g/mol. The van der Waals surface area contributed by atoms with Gasteiger partial charge >= 0.3 is 0 Å². The zero-order valence-electron chi connectivity index (χ0n) is 7.17. The number of fused-ring (bicyclic) bond motifs is 1. The third-order valence-electron chi connectivity index (χ3n) is 2.09. The normalized spacial score (nSPS) is 20.8. The van der Waals surface area contributed by atoms with Gasteiger partial charge in [0.2, 0.25) is 0 Å². The van der Waals surface area contributed by atoms with Crippen LogP contribution in [0.25, 0.3) is 0 Å². The summed E-state index contributed by atoms with van der Waals surface area (Å²) in [5.41, 5.74) is 1.71. The molecule has 1 unspecified atom stereocenters. The molecule has 0 saturated heterocycles. The molecule has 0 saturated carbocycles. The highest BCUT2D eigenvalue weighted by molar-refractivity contribution is 14.1. The van der Waals surface area contributed by atoms with Crippen LogP contribution in [0.2, 0.25) is 0 Å². The number of anilines is 1. The summed E-state index contributed by atoms with van der Waals surface area (Å²) < 4.78 is 4.97. The van der Waals surface area contributed by atoms with E-state index in [9.17, 15) is 4.79 Å². The highest BCUT2D eigenvalue weighted by Gasteiger charge is 2.21. The summed E-state index contributed by atoms with van der Waals surface area (Å²) in [5, 5.41) is 2.88. The fourth-order valence-electron chi connectivity index (χ4n) is 1.54. The standard InChI is InChI=1S/C8H10IN3O/c1-5-3-12-4-6(11-9)2-7(12)8(13)10-5/h2,4-5,11H,3H2,1H3,(H,10,13). The Morgan fingerprint density at radius 1 is 1.77 bits per heavy atom. The SMILES string of the molecule is CC1Cn2cc(NI)cc2C(=O)N1. The first-order valence-electron chi connectivity index (χ1n) is 4.08. The molecule has 4 nitrogen and oxygen atoms in total. The minimum Gasteiger partial charge on any atom is -0.347 e. The molecule has 1 aromatic rings. The maximum Gasteiger partial charge on any atom is 0.268 e. The molecule has 0 aromatic carbocycles. The van der Waals surface area contributed by atoms with Crippen molar-refractivity contribution >= 4 is 34.5 Å². The summed E-state index contributed by atoms with van der Waals surface area (Å²) in [6, 6.07) is 2.07. The van der Waals surface area contributed by atoms with E-state index in [1.54, 1.807) is 0 Å². The van der Waals surface area contributed by atoms with Crippen LogP contribution in [-0.4, -0.2) is 16.5 Å². The van der Waals surface area contributed by atoms with E-state index in [0.29, 0.717) is 0 Å². The number of hydrogen-bond donors (Lipinski definition) is 2. The van der Waals surface area contributed by atoms with Crippen LogP contribution in [0.15, 0.2) is 12.3 Å². The van der Waals surface area contributed by atoms with E-state index < -0.39 is 0 Å². The Balaban J connectivity index is 2.40. The zero-order chi connectivity index (χ0) is 9.42. The van der Waals surface area contributed by atoms with Gasteiger partial charge < -0.3 is 13.4 Å². The number of nitrogens with one attached hydrogen (secondary N) is 2. The molecule has 1 amide bonds.